The summed E-state index contributed by atoms with van der Waals surface area (Å²) in [5, 5.41) is 0. The molecule has 0 bridgehead atoms. The molecule has 6 heteroatoms. The molecule has 0 saturated heterocycles. The Morgan fingerprint density at radius 2 is 1.77 bits per heavy atom. The Kier molecular flexibility index (Phi) is 4.82. The molecule has 0 aliphatic heterocycles. The van der Waals surface area contributed by atoms with Crippen molar-refractivity contribution in [1.82, 2.24) is 0 Å². The summed E-state index contributed by atoms with van der Waals surface area (Å²) in [6.45, 7) is 1.67. The van der Waals surface area contributed by atoms with Gasteiger partial charge in [0.2, 0.25) is 10.0 Å². The Labute approximate surface area is 130 Å². The quantitative estimate of drug-likeness (QED) is 0.860. The maximum atomic E-state index is 12.2. The molecule has 0 radical (unpaired) electrons. The minimum absolute atomic E-state index is 0.129. The Morgan fingerprint density at radius 3 is 2.41 bits per heavy atom. The summed E-state index contributed by atoms with van der Waals surface area (Å²) in [5.74, 6) is -0.628. The molecule has 0 heterocycles. The van der Waals surface area contributed by atoms with Crippen LogP contribution in [0.5, 0.6) is 0 Å². The third kappa shape index (κ3) is 3.85. The normalized spacial score (nSPS) is 11.0. The molecule has 0 amide bonds. The van der Waals surface area contributed by atoms with Gasteiger partial charge in [-0.25, -0.2) is 13.2 Å². The summed E-state index contributed by atoms with van der Waals surface area (Å²) >= 11 is 0. The molecule has 22 heavy (non-hydrogen) atoms. The van der Waals surface area contributed by atoms with E-state index in [1.54, 1.807) is 49.4 Å². The van der Waals surface area contributed by atoms with Crippen LogP contribution in [-0.4, -0.2) is 21.5 Å². The highest BCUT2D eigenvalue weighted by atomic mass is 32.2. The highest BCUT2D eigenvalue weighted by molar-refractivity contribution is 7.91. The number of benzene rings is 2. The topological polar surface area (TPSA) is 72.5 Å². The van der Waals surface area contributed by atoms with Crippen LogP contribution in [0.15, 0.2) is 48.5 Å². The maximum absolute atomic E-state index is 12.2. The minimum Gasteiger partial charge on any atom is -0.465 e. The second-order valence-corrected chi connectivity index (χ2v) is 6.54. The van der Waals surface area contributed by atoms with Gasteiger partial charge in [0.05, 0.1) is 24.1 Å². The third-order valence-electron chi connectivity index (χ3n) is 3.20. The lowest BCUT2D eigenvalue weighted by atomic mass is 10.1. The number of anilines is 1. The lowest BCUT2D eigenvalue weighted by Crippen LogP contribution is -2.16. The average molecular weight is 319 g/mol. The Bertz CT molecular complexity index is 770. The first-order valence-corrected chi connectivity index (χ1v) is 8.30. The molecule has 2 aromatic carbocycles. The van der Waals surface area contributed by atoms with E-state index >= 15 is 0 Å². The molecule has 5 nitrogen and oxygen atoms in total. The van der Waals surface area contributed by atoms with E-state index < -0.39 is 16.0 Å². The molecule has 1 N–H and O–H groups in total. The lowest BCUT2D eigenvalue weighted by Gasteiger charge is -2.13. The van der Waals surface area contributed by atoms with Gasteiger partial charge in [-0.2, -0.15) is 0 Å². The van der Waals surface area contributed by atoms with Crippen molar-refractivity contribution in [3.8, 4) is 0 Å². The predicted octanol–water partition coefficient (Wildman–Crippen LogP) is 2.72. The highest BCUT2D eigenvalue weighted by Crippen LogP contribution is 2.21. The molecule has 0 aliphatic carbocycles. The molecule has 0 unspecified atom stereocenters. The predicted molar refractivity (Wildman–Crippen MR) is 85.2 cm³/mol. The van der Waals surface area contributed by atoms with Crippen LogP contribution in [0.4, 0.5) is 5.69 Å². The van der Waals surface area contributed by atoms with Gasteiger partial charge in [-0.3, -0.25) is 4.72 Å². The zero-order valence-corrected chi connectivity index (χ0v) is 13.2. The van der Waals surface area contributed by atoms with Crippen molar-refractivity contribution in [3.05, 3.63) is 65.2 Å². The Morgan fingerprint density at radius 1 is 1.09 bits per heavy atom. The van der Waals surface area contributed by atoms with Gasteiger partial charge in [0.15, 0.2) is 0 Å². The van der Waals surface area contributed by atoms with Crippen molar-refractivity contribution in [2.75, 3.05) is 11.8 Å². The van der Waals surface area contributed by atoms with Gasteiger partial charge in [0.25, 0.3) is 0 Å². The van der Waals surface area contributed by atoms with Gasteiger partial charge in [-0.15, -0.1) is 0 Å². The van der Waals surface area contributed by atoms with E-state index in [4.69, 9.17) is 0 Å². The van der Waals surface area contributed by atoms with E-state index in [0.29, 0.717) is 22.4 Å². The van der Waals surface area contributed by atoms with Crippen molar-refractivity contribution >= 4 is 21.7 Å². The first-order chi connectivity index (χ1) is 10.4. The zero-order valence-electron chi connectivity index (χ0n) is 12.4. The minimum atomic E-state index is -3.56. The number of carbonyl (C=O) groups excluding carboxylic acids is 1. The second kappa shape index (κ2) is 6.62. The smallest absolute Gasteiger partial charge is 0.338 e. The molecule has 0 spiro atoms. The Balaban J connectivity index is 2.25. The summed E-state index contributed by atoms with van der Waals surface area (Å²) < 4.78 is 31.7. The van der Waals surface area contributed by atoms with E-state index in [2.05, 4.69) is 9.46 Å². The standard InChI is InChI=1S/C16H17NO4S/c1-12-14(16(18)21-2)9-6-10-15(12)17-22(19,20)11-13-7-4-3-5-8-13/h3-10,17H,11H2,1-2H3. The van der Waals surface area contributed by atoms with Crippen LogP contribution in [0, 0.1) is 6.92 Å². The number of esters is 1. The van der Waals surface area contributed by atoms with Crippen LogP contribution < -0.4 is 4.72 Å². The van der Waals surface area contributed by atoms with Crippen molar-refractivity contribution in [2.45, 2.75) is 12.7 Å². The molecule has 0 fully saturated rings. The summed E-state index contributed by atoms with van der Waals surface area (Å²) in [6.07, 6.45) is 0. The monoisotopic (exact) mass is 319 g/mol. The van der Waals surface area contributed by atoms with Crippen molar-refractivity contribution < 1.29 is 17.9 Å². The van der Waals surface area contributed by atoms with Gasteiger partial charge in [-0.05, 0) is 30.2 Å². The first kappa shape index (κ1) is 16.0. The lowest BCUT2D eigenvalue weighted by molar-refractivity contribution is 0.0600. The highest BCUT2D eigenvalue weighted by Gasteiger charge is 2.16. The van der Waals surface area contributed by atoms with Crippen LogP contribution in [0.25, 0.3) is 0 Å². The maximum Gasteiger partial charge on any atom is 0.338 e. The summed E-state index contributed by atoms with van der Waals surface area (Å²) in [5.41, 5.74) is 1.93. The van der Waals surface area contributed by atoms with E-state index in [0.717, 1.165) is 0 Å². The number of hydrogen-bond acceptors (Lipinski definition) is 4. The van der Waals surface area contributed by atoms with Gasteiger partial charge >= 0.3 is 5.97 Å². The third-order valence-corrected chi connectivity index (χ3v) is 4.45. The molecule has 0 aromatic heterocycles. The van der Waals surface area contributed by atoms with Crippen molar-refractivity contribution in [2.24, 2.45) is 0 Å². The molecule has 0 aliphatic rings. The second-order valence-electron chi connectivity index (χ2n) is 4.82. The van der Waals surface area contributed by atoms with Crippen molar-refractivity contribution in [1.29, 1.82) is 0 Å². The SMILES string of the molecule is COC(=O)c1cccc(NS(=O)(=O)Cc2ccccc2)c1C. The number of rotatable bonds is 5. The molecule has 116 valence electrons. The summed E-state index contributed by atoms with van der Waals surface area (Å²) in [4.78, 5) is 11.6. The zero-order chi connectivity index (χ0) is 16.2. The summed E-state index contributed by atoms with van der Waals surface area (Å²) in [7, 11) is -2.28. The van der Waals surface area contributed by atoms with Gasteiger partial charge in [0, 0.05) is 0 Å². The fraction of sp³-hybridized carbons (Fsp3) is 0.188. The van der Waals surface area contributed by atoms with Crippen LogP contribution in [-0.2, 0) is 20.5 Å². The number of sulfonamides is 1. The molecule has 0 atom stereocenters. The van der Waals surface area contributed by atoms with E-state index in [1.165, 1.54) is 7.11 Å². The summed E-state index contributed by atoms with van der Waals surface area (Å²) in [6, 6.07) is 13.7. The fourth-order valence-corrected chi connectivity index (χ4v) is 3.33. The van der Waals surface area contributed by atoms with Crippen LogP contribution >= 0.6 is 0 Å². The van der Waals surface area contributed by atoms with E-state index in [1.807, 2.05) is 6.07 Å². The Hall–Kier alpha value is -2.34. The van der Waals surface area contributed by atoms with E-state index in [-0.39, 0.29) is 5.75 Å². The molecular weight excluding hydrogens is 302 g/mol. The number of methoxy groups -OCH3 is 1. The van der Waals surface area contributed by atoms with Crippen LogP contribution in [0.2, 0.25) is 0 Å². The molecular formula is C16H17NO4S. The number of ether oxygens (including phenoxy) is 1. The largest absolute Gasteiger partial charge is 0.465 e. The van der Waals surface area contributed by atoms with Gasteiger partial charge in [0.1, 0.15) is 0 Å². The fourth-order valence-electron chi connectivity index (χ4n) is 2.07. The molecule has 0 saturated carbocycles. The van der Waals surface area contributed by atoms with Crippen molar-refractivity contribution in [3.63, 3.8) is 0 Å². The van der Waals surface area contributed by atoms with Gasteiger partial charge in [-0.1, -0.05) is 36.4 Å². The average Bonchev–Trinajstić information content (AvgIpc) is 2.49. The first-order valence-electron chi connectivity index (χ1n) is 6.65. The number of carbonyl (C=O) groups is 1. The van der Waals surface area contributed by atoms with Crippen LogP contribution in [0.1, 0.15) is 21.5 Å². The van der Waals surface area contributed by atoms with Crippen LogP contribution in [0.3, 0.4) is 0 Å². The number of hydrogen-bond donors (Lipinski definition) is 1. The molecule has 2 aromatic rings. The number of nitrogens with one attached hydrogen (secondary N) is 1. The molecule has 2 rings (SSSR count). The van der Waals surface area contributed by atoms with E-state index in [9.17, 15) is 13.2 Å². The van der Waals surface area contributed by atoms with Gasteiger partial charge < -0.3 is 4.74 Å².